The molecule has 8 aliphatic carbocycles. The van der Waals surface area contributed by atoms with Crippen LogP contribution in [-0.4, -0.2) is 47.6 Å². The fourth-order valence-electron chi connectivity index (χ4n) is 22.7. The van der Waals surface area contributed by atoms with Gasteiger partial charge in [0.05, 0.1) is 25.4 Å². The summed E-state index contributed by atoms with van der Waals surface area (Å²) in [7, 11) is 0. The van der Waals surface area contributed by atoms with Crippen LogP contribution in [0.15, 0.2) is 24.3 Å². The predicted molar refractivity (Wildman–Crippen MR) is 380 cm³/mol. The van der Waals surface area contributed by atoms with Crippen molar-refractivity contribution in [3.63, 3.8) is 0 Å². The van der Waals surface area contributed by atoms with Crippen LogP contribution in [0.4, 0.5) is 0 Å². The molecule has 6 heteroatoms. The van der Waals surface area contributed by atoms with E-state index in [0.717, 1.165) is 111 Å². The van der Waals surface area contributed by atoms with Crippen LogP contribution < -0.4 is 0 Å². The molecular weight excluding hydrogens is 1100 g/mol. The largest absolute Gasteiger partial charge is 0.466 e. The van der Waals surface area contributed by atoms with Crippen molar-refractivity contribution in [2.24, 2.45) is 92.7 Å². The Hall–Kier alpha value is -1.66. The topological polar surface area (TPSA) is 93.1 Å². The van der Waals surface area contributed by atoms with Crippen LogP contribution in [0.5, 0.6) is 0 Å². The lowest BCUT2D eigenvalue weighted by Crippen LogP contribution is -2.54. The number of unbranched alkanes of at least 4 members (excludes halogenated alkanes) is 24. The highest BCUT2D eigenvalue weighted by Gasteiger charge is 2.62. The quantitative estimate of drug-likeness (QED) is 0.0361. The van der Waals surface area contributed by atoms with Crippen molar-refractivity contribution in [1.82, 2.24) is 0 Å². The van der Waals surface area contributed by atoms with Crippen LogP contribution in [0.3, 0.4) is 0 Å². The molecule has 0 heterocycles. The van der Waals surface area contributed by atoms with E-state index in [-0.39, 0.29) is 24.1 Å². The number of rotatable bonds is 40. The molecule has 18 atom stereocenters. The number of carbonyl (C=O) groups is 2. The third kappa shape index (κ3) is 21.7. The van der Waals surface area contributed by atoms with Gasteiger partial charge in [-0.3, -0.25) is 9.59 Å². The Balaban J connectivity index is 0.000000256. The number of ether oxygens (including phenoxy) is 2. The van der Waals surface area contributed by atoms with Gasteiger partial charge >= 0.3 is 11.9 Å². The molecule has 6 nitrogen and oxygen atoms in total. The monoisotopic (exact) mass is 1250 g/mol. The van der Waals surface area contributed by atoms with E-state index in [1.165, 1.54) is 257 Å². The summed E-state index contributed by atoms with van der Waals surface area (Å²) in [6.45, 7) is 21.1. The molecule has 0 aromatic heterocycles. The Morgan fingerprint density at radius 2 is 0.700 bits per heavy atom. The zero-order chi connectivity index (χ0) is 64.2. The second-order valence-electron chi connectivity index (χ2n) is 34.0. The number of hydrogen-bond donors (Lipinski definition) is 2. The van der Waals surface area contributed by atoms with Gasteiger partial charge in [-0.1, -0.05) is 195 Å². The van der Waals surface area contributed by atoms with E-state index in [1.807, 2.05) is 0 Å². The molecule has 2 N–H and O–H groups in total. The zero-order valence-corrected chi connectivity index (χ0v) is 60.7. The van der Waals surface area contributed by atoms with E-state index in [1.54, 1.807) is 0 Å². The Bertz CT molecular complexity index is 1900. The number of fused-ring (bicyclic) bond motifs is 10. The van der Waals surface area contributed by atoms with Crippen LogP contribution in [-0.2, 0) is 19.1 Å². The summed E-state index contributed by atoms with van der Waals surface area (Å²) in [6.07, 6.45) is 72.2. The summed E-state index contributed by atoms with van der Waals surface area (Å²) >= 11 is 0. The molecule has 0 bridgehead atoms. The van der Waals surface area contributed by atoms with Crippen molar-refractivity contribution in [1.29, 1.82) is 0 Å². The molecule has 520 valence electrons. The van der Waals surface area contributed by atoms with E-state index in [9.17, 15) is 19.8 Å². The van der Waals surface area contributed by atoms with E-state index in [2.05, 4.69) is 79.7 Å². The van der Waals surface area contributed by atoms with Gasteiger partial charge in [-0.25, -0.2) is 0 Å². The van der Waals surface area contributed by atoms with Crippen molar-refractivity contribution in [2.75, 3.05) is 13.2 Å². The molecule has 0 aromatic rings. The van der Waals surface area contributed by atoms with Crippen LogP contribution in [0, 0.1) is 92.7 Å². The van der Waals surface area contributed by atoms with Crippen molar-refractivity contribution < 1.29 is 29.3 Å². The zero-order valence-electron chi connectivity index (χ0n) is 60.7. The fraction of sp³-hybridized carbons (Fsp3) is 0.929. The van der Waals surface area contributed by atoms with Crippen LogP contribution >= 0.6 is 0 Å². The summed E-state index contributed by atoms with van der Waals surface area (Å²) in [4.78, 5) is 25.2. The number of hydrogen-bond acceptors (Lipinski definition) is 6. The maximum absolute atomic E-state index is 12.6. The SMILES string of the molecule is CCCCCCCC/C=C\CCCCCCCCOC(=O)CC[C@@H](C)C1CCC2C3CCC4C[C@H](O)CC[C@]4(C)C3CC[C@@]21C.CCCCCCCC/C=C\CCCCCCCCOC(=O)CC[C@@H](C)C1CCC2C3CCC4C[C@H](O)CC[C@]4(C)C3CC[C@@]21C. The van der Waals surface area contributed by atoms with Crippen molar-refractivity contribution in [3.05, 3.63) is 24.3 Å². The molecular formula is C84H148O6. The maximum Gasteiger partial charge on any atom is 0.305 e. The summed E-state index contributed by atoms with van der Waals surface area (Å²) in [5.74, 6) is 9.51. The molecule has 0 spiro atoms. The molecule has 90 heavy (non-hydrogen) atoms. The van der Waals surface area contributed by atoms with Gasteiger partial charge in [0.2, 0.25) is 0 Å². The first-order valence-electron chi connectivity index (χ1n) is 40.6. The van der Waals surface area contributed by atoms with E-state index >= 15 is 0 Å². The third-order valence-electron chi connectivity index (χ3n) is 28.2. The molecule has 8 fully saturated rings. The van der Waals surface area contributed by atoms with Crippen LogP contribution in [0.1, 0.15) is 376 Å². The predicted octanol–water partition coefficient (Wildman–Crippen LogP) is 24.0. The minimum absolute atomic E-state index is 0.0312. The molecule has 0 aliphatic heterocycles. The van der Waals surface area contributed by atoms with Crippen LogP contribution in [0.25, 0.3) is 0 Å². The summed E-state index contributed by atoms with van der Waals surface area (Å²) in [6, 6.07) is 0. The van der Waals surface area contributed by atoms with Crippen molar-refractivity contribution >= 4 is 11.9 Å². The van der Waals surface area contributed by atoms with Gasteiger partial charge in [-0.05, 0) is 285 Å². The number of allylic oxidation sites excluding steroid dienone is 4. The second-order valence-corrected chi connectivity index (χ2v) is 34.0. The molecule has 8 rings (SSSR count). The highest BCUT2D eigenvalue weighted by Crippen LogP contribution is 2.70. The average Bonchev–Trinajstić information content (AvgIpc) is 1.42. The molecule has 0 saturated heterocycles. The number of carbonyl (C=O) groups excluding carboxylic acids is 2. The molecule has 0 amide bonds. The van der Waals surface area contributed by atoms with Crippen LogP contribution in [0.2, 0.25) is 0 Å². The normalized spacial score (nSPS) is 35.1. The smallest absolute Gasteiger partial charge is 0.305 e. The van der Waals surface area contributed by atoms with Crippen molar-refractivity contribution in [3.8, 4) is 0 Å². The number of esters is 2. The van der Waals surface area contributed by atoms with Gasteiger partial charge in [0, 0.05) is 12.8 Å². The molecule has 8 aliphatic rings. The molecule has 8 saturated carbocycles. The van der Waals surface area contributed by atoms with Gasteiger partial charge in [-0.2, -0.15) is 0 Å². The van der Waals surface area contributed by atoms with E-state index in [0.29, 0.717) is 59.6 Å². The minimum atomic E-state index is -0.0520. The van der Waals surface area contributed by atoms with E-state index in [4.69, 9.17) is 9.47 Å². The number of aliphatic hydroxyl groups excluding tert-OH is 2. The Morgan fingerprint density at radius 1 is 0.389 bits per heavy atom. The fourth-order valence-corrected chi connectivity index (χ4v) is 22.7. The lowest BCUT2D eigenvalue weighted by molar-refractivity contribution is -0.145. The van der Waals surface area contributed by atoms with Crippen molar-refractivity contribution in [2.45, 2.75) is 389 Å². The van der Waals surface area contributed by atoms with Gasteiger partial charge < -0.3 is 19.7 Å². The minimum Gasteiger partial charge on any atom is -0.466 e. The lowest BCUT2D eigenvalue weighted by Gasteiger charge is -2.61. The second kappa shape index (κ2) is 39.5. The summed E-state index contributed by atoms with van der Waals surface area (Å²) < 4.78 is 11.4. The highest BCUT2D eigenvalue weighted by molar-refractivity contribution is 5.69. The first kappa shape index (κ1) is 75.7. The summed E-state index contributed by atoms with van der Waals surface area (Å²) in [5, 5.41) is 20.7. The molecule has 0 aromatic carbocycles. The average molecular weight is 1250 g/mol. The molecule has 0 radical (unpaired) electrons. The lowest BCUT2D eigenvalue weighted by atomic mass is 9.44. The van der Waals surface area contributed by atoms with Gasteiger partial charge in [0.15, 0.2) is 0 Å². The Morgan fingerprint density at radius 3 is 1.06 bits per heavy atom. The highest BCUT2D eigenvalue weighted by atomic mass is 16.5. The third-order valence-corrected chi connectivity index (χ3v) is 28.2. The maximum atomic E-state index is 12.6. The van der Waals surface area contributed by atoms with Gasteiger partial charge in [-0.15, -0.1) is 0 Å². The Labute approximate surface area is 557 Å². The number of aliphatic hydroxyl groups is 2. The summed E-state index contributed by atoms with van der Waals surface area (Å²) in [5.41, 5.74) is 1.82. The van der Waals surface area contributed by atoms with Gasteiger partial charge in [0.25, 0.3) is 0 Å². The van der Waals surface area contributed by atoms with E-state index < -0.39 is 0 Å². The molecule has 10 unspecified atom stereocenters. The standard InChI is InChI=1S/2C42H74O3/c2*1-5-6-7-8-9-10-11-12-13-14-15-16-17-18-19-20-31-45-40(44)26-21-33(2)37-24-25-38-36-23-22-34-32-35(43)27-29-41(34,3)39(36)28-30-42(37,38)4/h2*12-13,33-39,43H,5-11,14-32H2,1-4H3/b2*13-12-/t2*33-,34?,35-,36?,37?,38?,39?,41+,42-/m11/s1. The Kier molecular flexibility index (Phi) is 33.3. The first-order chi connectivity index (χ1) is 43.6. The van der Waals surface area contributed by atoms with Gasteiger partial charge in [0.1, 0.15) is 0 Å². The first-order valence-corrected chi connectivity index (χ1v) is 40.6.